The minimum Gasteiger partial charge on any atom is -0.299 e. The van der Waals surface area contributed by atoms with Gasteiger partial charge in [-0.1, -0.05) is 78.9 Å². The Hall–Kier alpha value is -2.47. The number of piperidine rings is 1. The summed E-state index contributed by atoms with van der Waals surface area (Å²) >= 11 is 0. The number of nitrogens with zero attached hydrogens (tertiary/aromatic N) is 1. The van der Waals surface area contributed by atoms with Gasteiger partial charge in [-0.05, 0) is 30.0 Å². The van der Waals surface area contributed by atoms with Gasteiger partial charge in [0, 0.05) is 31.2 Å². The highest BCUT2D eigenvalue weighted by molar-refractivity contribution is 7.89. The van der Waals surface area contributed by atoms with Gasteiger partial charge in [0.15, 0.2) is 0 Å². The maximum Gasteiger partial charge on any atom is 0.241 e. The molecule has 0 radical (unpaired) electrons. The van der Waals surface area contributed by atoms with Crippen LogP contribution in [0.15, 0.2) is 89.8 Å². The molecule has 1 aliphatic heterocycles. The molecule has 1 N–H and O–H groups in total. The lowest BCUT2D eigenvalue weighted by Gasteiger charge is -2.32. The zero-order valence-electron chi connectivity index (χ0n) is 16.4. The van der Waals surface area contributed by atoms with Gasteiger partial charge in [-0.3, -0.25) is 4.90 Å². The Bertz CT molecular complexity index is 1030. The van der Waals surface area contributed by atoms with Gasteiger partial charge in [0.05, 0.1) is 4.90 Å². The lowest BCUT2D eigenvalue weighted by atomic mass is 10.1. The Morgan fingerprint density at radius 2 is 1.38 bits per heavy atom. The third kappa shape index (κ3) is 4.93. The first-order valence-electron chi connectivity index (χ1n) is 10.0. The third-order valence-corrected chi connectivity index (χ3v) is 7.00. The van der Waals surface area contributed by atoms with Crippen LogP contribution in [0.25, 0.3) is 11.1 Å². The summed E-state index contributed by atoms with van der Waals surface area (Å²) in [5.74, 6) is 0. The molecule has 0 unspecified atom stereocenters. The monoisotopic (exact) mass is 406 g/mol. The molecule has 0 aromatic heterocycles. The van der Waals surface area contributed by atoms with Crippen molar-refractivity contribution in [3.63, 3.8) is 0 Å². The van der Waals surface area contributed by atoms with Crippen LogP contribution in [-0.2, 0) is 16.6 Å². The van der Waals surface area contributed by atoms with Gasteiger partial charge in [-0.2, -0.15) is 0 Å². The van der Waals surface area contributed by atoms with Crippen LogP contribution in [0.5, 0.6) is 0 Å². The molecular weight excluding hydrogens is 380 g/mol. The summed E-state index contributed by atoms with van der Waals surface area (Å²) in [6.07, 6.45) is 1.64. The van der Waals surface area contributed by atoms with Gasteiger partial charge < -0.3 is 0 Å². The van der Waals surface area contributed by atoms with Crippen molar-refractivity contribution in [1.82, 2.24) is 9.62 Å². The Kier molecular flexibility index (Phi) is 6.09. The van der Waals surface area contributed by atoms with Crippen LogP contribution in [0.2, 0.25) is 0 Å². The maximum absolute atomic E-state index is 13.1. The highest BCUT2D eigenvalue weighted by Gasteiger charge is 2.26. The van der Waals surface area contributed by atoms with E-state index in [2.05, 4.69) is 33.9 Å². The average Bonchev–Trinajstić information content (AvgIpc) is 2.76. The predicted octanol–water partition coefficient (Wildman–Crippen LogP) is 4.30. The molecule has 150 valence electrons. The molecule has 3 aromatic rings. The number of likely N-dealkylation sites (tertiary alicyclic amines) is 1. The van der Waals surface area contributed by atoms with Crippen LogP contribution < -0.4 is 4.72 Å². The number of benzene rings is 3. The summed E-state index contributed by atoms with van der Waals surface area (Å²) in [6.45, 7) is 2.70. The van der Waals surface area contributed by atoms with Crippen molar-refractivity contribution in [2.24, 2.45) is 0 Å². The van der Waals surface area contributed by atoms with E-state index in [1.165, 1.54) is 5.56 Å². The van der Waals surface area contributed by atoms with Crippen LogP contribution in [0.1, 0.15) is 18.4 Å². The van der Waals surface area contributed by atoms with Gasteiger partial charge >= 0.3 is 0 Å². The van der Waals surface area contributed by atoms with Crippen molar-refractivity contribution in [3.05, 3.63) is 90.5 Å². The van der Waals surface area contributed by atoms with Gasteiger partial charge in [0.25, 0.3) is 0 Å². The van der Waals surface area contributed by atoms with Crippen molar-refractivity contribution in [3.8, 4) is 11.1 Å². The Morgan fingerprint density at radius 1 is 0.793 bits per heavy atom. The SMILES string of the molecule is O=S(=O)(NC1CCN(Cc2ccccc2)CC1)c1ccccc1-c1ccccc1. The zero-order chi connectivity index (χ0) is 20.1. The van der Waals surface area contributed by atoms with E-state index in [0.717, 1.165) is 43.6 Å². The van der Waals surface area contributed by atoms with E-state index in [1.54, 1.807) is 12.1 Å². The summed E-state index contributed by atoms with van der Waals surface area (Å²) in [4.78, 5) is 2.73. The van der Waals surface area contributed by atoms with Gasteiger partial charge in [0.1, 0.15) is 0 Å². The van der Waals surface area contributed by atoms with Crippen molar-refractivity contribution in [2.75, 3.05) is 13.1 Å². The van der Waals surface area contributed by atoms with E-state index in [9.17, 15) is 8.42 Å². The van der Waals surface area contributed by atoms with Crippen LogP contribution in [-0.4, -0.2) is 32.4 Å². The summed E-state index contributed by atoms with van der Waals surface area (Å²) < 4.78 is 29.2. The number of rotatable bonds is 6. The maximum atomic E-state index is 13.1. The molecule has 5 heteroatoms. The highest BCUT2D eigenvalue weighted by atomic mass is 32.2. The van der Waals surface area contributed by atoms with Crippen molar-refractivity contribution >= 4 is 10.0 Å². The van der Waals surface area contributed by atoms with E-state index in [4.69, 9.17) is 0 Å². The van der Waals surface area contributed by atoms with Gasteiger partial charge in [-0.25, -0.2) is 13.1 Å². The first-order chi connectivity index (χ1) is 14.1. The molecule has 1 heterocycles. The second-order valence-electron chi connectivity index (χ2n) is 7.52. The molecular formula is C24H26N2O2S. The molecule has 1 saturated heterocycles. The van der Waals surface area contributed by atoms with Crippen molar-refractivity contribution < 1.29 is 8.42 Å². The van der Waals surface area contributed by atoms with E-state index in [-0.39, 0.29) is 6.04 Å². The molecule has 29 heavy (non-hydrogen) atoms. The quantitative estimate of drug-likeness (QED) is 0.664. The zero-order valence-corrected chi connectivity index (χ0v) is 17.2. The van der Waals surface area contributed by atoms with Crippen LogP contribution in [0.4, 0.5) is 0 Å². The van der Waals surface area contributed by atoms with Crippen LogP contribution in [0.3, 0.4) is 0 Å². The summed E-state index contributed by atoms with van der Waals surface area (Å²) in [5, 5.41) is 0. The van der Waals surface area contributed by atoms with E-state index >= 15 is 0 Å². The fourth-order valence-corrected chi connectivity index (χ4v) is 5.43. The largest absolute Gasteiger partial charge is 0.299 e. The highest BCUT2D eigenvalue weighted by Crippen LogP contribution is 2.27. The minimum atomic E-state index is -3.58. The van der Waals surface area contributed by atoms with Gasteiger partial charge in [-0.15, -0.1) is 0 Å². The molecule has 0 saturated carbocycles. The Morgan fingerprint density at radius 3 is 2.07 bits per heavy atom. The van der Waals surface area contributed by atoms with Crippen molar-refractivity contribution in [1.29, 1.82) is 0 Å². The molecule has 0 atom stereocenters. The van der Waals surface area contributed by atoms with E-state index in [0.29, 0.717) is 4.90 Å². The number of hydrogen-bond acceptors (Lipinski definition) is 3. The number of nitrogens with one attached hydrogen (secondary N) is 1. The Labute approximate surface area is 173 Å². The lowest BCUT2D eigenvalue weighted by Crippen LogP contribution is -2.44. The van der Waals surface area contributed by atoms with E-state index in [1.807, 2.05) is 48.5 Å². The number of hydrogen-bond donors (Lipinski definition) is 1. The third-order valence-electron chi connectivity index (χ3n) is 5.42. The molecule has 0 bridgehead atoms. The molecule has 1 fully saturated rings. The predicted molar refractivity (Wildman–Crippen MR) is 117 cm³/mol. The first-order valence-corrected chi connectivity index (χ1v) is 11.5. The lowest BCUT2D eigenvalue weighted by molar-refractivity contribution is 0.200. The standard InChI is InChI=1S/C24H26N2O2S/c27-29(28,24-14-8-7-13-23(24)21-11-5-2-6-12-21)25-22-15-17-26(18-16-22)19-20-9-3-1-4-10-20/h1-14,22,25H,15-19H2. The molecule has 0 amide bonds. The molecule has 0 aliphatic carbocycles. The topological polar surface area (TPSA) is 49.4 Å². The molecule has 1 aliphatic rings. The Balaban J connectivity index is 1.43. The smallest absolute Gasteiger partial charge is 0.241 e. The normalized spacial score (nSPS) is 16.0. The number of sulfonamides is 1. The summed E-state index contributed by atoms with van der Waals surface area (Å²) in [7, 11) is -3.58. The molecule has 0 spiro atoms. The average molecular weight is 407 g/mol. The van der Waals surface area contributed by atoms with Crippen LogP contribution >= 0.6 is 0 Å². The van der Waals surface area contributed by atoms with Crippen LogP contribution in [0, 0.1) is 0 Å². The minimum absolute atomic E-state index is 0.0316. The summed E-state index contributed by atoms with van der Waals surface area (Å²) in [5.41, 5.74) is 2.94. The first kappa shape index (κ1) is 19.8. The summed E-state index contributed by atoms with van der Waals surface area (Å²) in [6, 6.07) is 27.3. The molecule has 4 rings (SSSR count). The van der Waals surface area contributed by atoms with E-state index < -0.39 is 10.0 Å². The second-order valence-corrected chi connectivity index (χ2v) is 9.20. The van der Waals surface area contributed by atoms with Gasteiger partial charge in [0.2, 0.25) is 10.0 Å². The second kappa shape index (κ2) is 8.91. The molecule has 3 aromatic carbocycles. The fourth-order valence-electron chi connectivity index (χ4n) is 3.89. The fraction of sp³-hybridized carbons (Fsp3) is 0.250. The molecule has 4 nitrogen and oxygen atoms in total. The van der Waals surface area contributed by atoms with Crippen molar-refractivity contribution in [2.45, 2.75) is 30.3 Å².